The normalized spacial score (nSPS) is 15.7. The summed E-state index contributed by atoms with van der Waals surface area (Å²) >= 11 is 1.67. The monoisotopic (exact) mass is 336 g/mol. The van der Waals surface area contributed by atoms with Crippen molar-refractivity contribution in [2.24, 2.45) is 0 Å². The van der Waals surface area contributed by atoms with Gasteiger partial charge in [0.05, 0.1) is 0 Å². The minimum absolute atomic E-state index is 0.203. The van der Waals surface area contributed by atoms with Crippen LogP contribution in [0.15, 0.2) is 82.7 Å². The van der Waals surface area contributed by atoms with Gasteiger partial charge in [0.15, 0.2) is 0 Å². The van der Waals surface area contributed by atoms with E-state index in [0.717, 1.165) is 15.4 Å². The van der Waals surface area contributed by atoms with Crippen LogP contribution in [0.5, 0.6) is 0 Å². The molecule has 0 bridgehead atoms. The van der Waals surface area contributed by atoms with E-state index >= 15 is 0 Å². The van der Waals surface area contributed by atoms with E-state index in [1.807, 2.05) is 42.5 Å². The number of nitrogens with one attached hydrogen (secondary N) is 1. The van der Waals surface area contributed by atoms with Crippen molar-refractivity contribution in [3.8, 4) is 0 Å². The number of carbonyl (C=O) groups excluding carboxylic acids is 2. The molecule has 1 N–H and O–H groups in total. The van der Waals surface area contributed by atoms with Gasteiger partial charge in [0.25, 0.3) is 5.91 Å². The molecular weight excluding hydrogens is 320 g/mol. The maximum Gasteiger partial charge on any atom is 0.329 e. The predicted octanol–water partition coefficient (Wildman–Crippen LogP) is 3.92. The molecule has 0 aromatic heterocycles. The lowest BCUT2D eigenvalue weighted by Crippen LogP contribution is -2.30. The molecule has 0 unspecified atom stereocenters. The summed E-state index contributed by atoms with van der Waals surface area (Å²) < 4.78 is 0. The van der Waals surface area contributed by atoms with Crippen LogP contribution in [0.3, 0.4) is 0 Å². The molecule has 2 aromatic rings. The lowest BCUT2D eigenvalue weighted by atomic mass is 10.2. The average Bonchev–Trinajstić information content (AvgIpc) is 2.85. The second kappa shape index (κ2) is 7.19. The molecular formula is C19H16N2O2S. The third-order valence-electron chi connectivity index (χ3n) is 3.44. The summed E-state index contributed by atoms with van der Waals surface area (Å²) in [5, 5.41) is 2.59. The Morgan fingerprint density at radius 2 is 1.67 bits per heavy atom. The van der Waals surface area contributed by atoms with Crippen LogP contribution < -0.4 is 5.32 Å². The van der Waals surface area contributed by atoms with Crippen LogP contribution in [-0.4, -0.2) is 23.4 Å². The number of carbonyl (C=O) groups is 2. The molecule has 1 saturated heterocycles. The largest absolute Gasteiger partial charge is 0.329 e. The molecule has 1 fully saturated rings. The molecule has 0 spiro atoms. The Hall–Kier alpha value is -2.79. The first-order valence-corrected chi connectivity index (χ1v) is 8.27. The number of hydrogen-bond donors (Lipinski definition) is 1. The Bertz CT molecular complexity index is 798. The second-order valence-corrected chi connectivity index (χ2v) is 6.32. The second-order valence-electron chi connectivity index (χ2n) is 5.18. The highest BCUT2D eigenvalue weighted by molar-refractivity contribution is 7.99. The van der Waals surface area contributed by atoms with Gasteiger partial charge >= 0.3 is 6.03 Å². The smallest absolute Gasteiger partial charge is 0.303 e. The summed E-state index contributed by atoms with van der Waals surface area (Å²) in [6.45, 7) is 3.75. The van der Waals surface area contributed by atoms with E-state index < -0.39 is 6.03 Å². The van der Waals surface area contributed by atoms with Gasteiger partial charge in [-0.2, -0.15) is 0 Å². The molecule has 24 heavy (non-hydrogen) atoms. The van der Waals surface area contributed by atoms with Gasteiger partial charge in [0.2, 0.25) is 0 Å². The highest BCUT2D eigenvalue weighted by Crippen LogP contribution is 2.27. The fraction of sp³-hybridized carbons (Fsp3) is 0.0526. The summed E-state index contributed by atoms with van der Waals surface area (Å²) in [5.74, 6) is -0.331. The molecule has 0 saturated carbocycles. The molecule has 0 atom stereocenters. The molecule has 4 nitrogen and oxygen atoms in total. The van der Waals surface area contributed by atoms with E-state index in [1.54, 1.807) is 17.8 Å². The zero-order valence-electron chi connectivity index (χ0n) is 12.9. The lowest BCUT2D eigenvalue weighted by Gasteiger charge is -2.06. The van der Waals surface area contributed by atoms with Crippen molar-refractivity contribution >= 4 is 29.8 Å². The van der Waals surface area contributed by atoms with Gasteiger partial charge in [0.1, 0.15) is 5.70 Å². The van der Waals surface area contributed by atoms with Crippen LogP contribution in [0.4, 0.5) is 4.79 Å². The molecule has 3 amide bonds. The number of benzene rings is 2. The van der Waals surface area contributed by atoms with E-state index in [2.05, 4.69) is 24.0 Å². The first-order valence-electron chi connectivity index (χ1n) is 7.46. The third kappa shape index (κ3) is 3.58. The SMILES string of the molecule is C=CCN1C(=O)N/C(=C/c2ccc(Sc3ccccc3)cc2)C1=O. The lowest BCUT2D eigenvalue weighted by molar-refractivity contribution is -0.122. The van der Waals surface area contributed by atoms with E-state index in [1.165, 1.54) is 11.0 Å². The van der Waals surface area contributed by atoms with Crippen LogP contribution >= 0.6 is 11.8 Å². The van der Waals surface area contributed by atoms with Gasteiger partial charge in [-0.3, -0.25) is 9.69 Å². The van der Waals surface area contributed by atoms with Gasteiger partial charge in [0, 0.05) is 16.3 Å². The van der Waals surface area contributed by atoms with Gasteiger partial charge in [-0.15, -0.1) is 6.58 Å². The van der Waals surface area contributed by atoms with Gasteiger partial charge < -0.3 is 5.32 Å². The van der Waals surface area contributed by atoms with E-state index in [4.69, 9.17) is 0 Å². The summed E-state index contributed by atoms with van der Waals surface area (Å²) in [4.78, 5) is 27.3. The third-order valence-corrected chi connectivity index (χ3v) is 4.46. The Labute approximate surface area is 144 Å². The molecule has 120 valence electrons. The summed E-state index contributed by atoms with van der Waals surface area (Å²) in [6, 6.07) is 17.5. The van der Waals surface area contributed by atoms with Crippen molar-refractivity contribution in [1.29, 1.82) is 0 Å². The van der Waals surface area contributed by atoms with Crippen molar-refractivity contribution in [1.82, 2.24) is 10.2 Å². The minimum Gasteiger partial charge on any atom is -0.303 e. The minimum atomic E-state index is -0.414. The first kappa shape index (κ1) is 16.1. The zero-order valence-corrected chi connectivity index (χ0v) is 13.8. The van der Waals surface area contributed by atoms with Crippen molar-refractivity contribution in [3.05, 3.63) is 78.5 Å². The van der Waals surface area contributed by atoms with E-state index in [9.17, 15) is 9.59 Å². The highest BCUT2D eigenvalue weighted by Gasteiger charge is 2.32. The van der Waals surface area contributed by atoms with Crippen LogP contribution in [0.2, 0.25) is 0 Å². The summed E-state index contributed by atoms with van der Waals surface area (Å²) in [6.07, 6.45) is 3.20. The zero-order chi connectivity index (χ0) is 16.9. The molecule has 0 aliphatic carbocycles. The number of imide groups is 1. The standard InChI is InChI=1S/C19H16N2O2S/c1-2-12-21-18(22)17(20-19(21)23)13-14-8-10-16(11-9-14)24-15-6-4-3-5-7-15/h2-11,13H,1,12H2,(H,20,23)/b17-13+. The summed E-state index contributed by atoms with van der Waals surface area (Å²) in [5.41, 5.74) is 1.14. The van der Waals surface area contributed by atoms with Crippen LogP contribution in [0.1, 0.15) is 5.56 Å². The molecule has 1 aliphatic heterocycles. The fourth-order valence-corrected chi connectivity index (χ4v) is 3.13. The van der Waals surface area contributed by atoms with Crippen molar-refractivity contribution in [2.75, 3.05) is 6.54 Å². The van der Waals surface area contributed by atoms with Gasteiger partial charge in [-0.05, 0) is 35.9 Å². The quantitative estimate of drug-likeness (QED) is 0.511. The van der Waals surface area contributed by atoms with Crippen LogP contribution in [0.25, 0.3) is 6.08 Å². The number of urea groups is 1. The highest BCUT2D eigenvalue weighted by atomic mass is 32.2. The Morgan fingerprint density at radius 1 is 1.00 bits per heavy atom. The Balaban J connectivity index is 1.73. The molecule has 5 heteroatoms. The van der Waals surface area contributed by atoms with Crippen molar-refractivity contribution in [2.45, 2.75) is 9.79 Å². The fourth-order valence-electron chi connectivity index (χ4n) is 2.29. The number of amides is 3. The molecule has 0 radical (unpaired) electrons. The average molecular weight is 336 g/mol. The van der Waals surface area contributed by atoms with E-state index in [-0.39, 0.29) is 18.1 Å². The molecule has 2 aromatic carbocycles. The number of rotatable bonds is 5. The Kier molecular flexibility index (Phi) is 4.82. The maximum atomic E-state index is 12.1. The predicted molar refractivity (Wildman–Crippen MR) is 95.4 cm³/mol. The van der Waals surface area contributed by atoms with Gasteiger partial charge in [-0.25, -0.2) is 4.79 Å². The number of hydrogen-bond acceptors (Lipinski definition) is 3. The van der Waals surface area contributed by atoms with E-state index in [0.29, 0.717) is 0 Å². The molecule has 3 rings (SSSR count). The summed E-state index contributed by atoms with van der Waals surface area (Å²) in [7, 11) is 0. The first-order chi connectivity index (χ1) is 11.7. The van der Waals surface area contributed by atoms with Crippen molar-refractivity contribution < 1.29 is 9.59 Å². The maximum absolute atomic E-state index is 12.1. The Morgan fingerprint density at radius 3 is 2.33 bits per heavy atom. The topological polar surface area (TPSA) is 49.4 Å². The van der Waals surface area contributed by atoms with Gasteiger partial charge in [-0.1, -0.05) is 48.2 Å². The van der Waals surface area contributed by atoms with Crippen molar-refractivity contribution in [3.63, 3.8) is 0 Å². The molecule has 1 aliphatic rings. The molecule has 1 heterocycles. The van der Waals surface area contributed by atoms with Crippen LogP contribution in [0, 0.1) is 0 Å². The number of nitrogens with zero attached hydrogens (tertiary/aromatic N) is 1. The van der Waals surface area contributed by atoms with Crippen LogP contribution in [-0.2, 0) is 4.79 Å².